The Morgan fingerprint density at radius 3 is 2.04 bits per heavy atom. The predicted molar refractivity (Wildman–Crippen MR) is 115 cm³/mol. The van der Waals surface area contributed by atoms with E-state index >= 15 is 0 Å². The van der Waals surface area contributed by atoms with Crippen molar-refractivity contribution in [2.45, 2.75) is 39.7 Å². The van der Waals surface area contributed by atoms with Gasteiger partial charge in [0.05, 0.1) is 0 Å². The molecule has 3 aromatic rings. The second kappa shape index (κ2) is 7.75. The Labute approximate surface area is 162 Å². The molecule has 0 aliphatic carbocycles. The summed E-state index contributed by atoms with van der Waals surface area (Å²) in [6, 6.07) is 22.6. The normalized spacial score (nSPS) is 11.3. The quantitative estimate of drug-likeness (QED) is 0.496. The summed E-state index contributed by atoms with van der Waals surface area (Å²) in [6.45, 7) is 9.04. The number of rotatable bonds is 5. The van der Waals surface area contributed by atoms with E-state index in [0.29, 0.717) is 5.75 Å². The van der Waals surface area contributed by atoms with Gasteiger partial charge in [0, 0.05) is 23.6 Å². The molecule has 0 bridgehead atoms. The molecule has 0 amide bonds. The third-order valence-corrected chi connectivity index (χ3v) is 4.61. The lowest BCUT2D eigenvalue weighted by Crippen LogP contribution is -2.13. The first-order chi connectivity index (χ1) is 12.8. The molecule has 3 heteroatoms. The molecule has 3 nitrogen and oxygen atoms in total. The Kier molecular flexibility index (Phi) is 5.41. The molecule has 0 aromatic heterocycles. The van der Waals surface area contributed by atoms with Gasteiger partial charge in [-0.2, -0.15) is 0 Å². The summed E-state index contributed by atoms with van der Waals surface area (Å²) in [5, 5.41) is 17.2. The van der Waals surface area contributed by atoms with Gasteiger partial charge < -0.3 is 15.7 Å². The lowest BCUT2D eigenvalue weighted by molar-refractivity contribution is 0.442. The molecule has 0 aliphatic heterocycles. The van der Waals surface area contributed by atoms with Gasteiger partial charge in [-0.15, -0.1) is 0 Å². The largest absolute Gasteiger partial charge is 0.507 e. The number of benzene rings is 3. The summed E-state index contributed by atoms with van der Waals surface area (Å²) < 4.78 is 0. The standard InChI is InChI=1S/C24H28N2O/c1-17-14-18(15-22(23(17)27)24(2,3)4)16-25-19-10-12-21(13-11-19)26-20-8-6-5-7-9-20/h5-15,25-27H,16H2,1-4H3. The molecule has 0 heterocycles. The van der Waals surface area contributed by atoms with Gasteiger partial charge in [0.1, 0.15) is 5.75 Å². The van der Waals surface area contributed by atoms with Crippen LogP contribution < -0.4 is 10.6 Å². The molecule has 0 saturated heterocycles. The van der Waals surface area contributed by atoms with Crippen LogP contribution >= 0.6 is 0 Å². The number of nitrogens with one attached hydrogen (secondary N) is 2. The molecule has 0 atom stereocenters. The zero-order valence-electron chi connectivity index (χ0n) is 16.5. The van der Waals surface area contributed by atoms with E-state index in [0.717, 1.165) is 34.7 Å². The Morgan fingerprint density at radius 2 is 1.41 bits per heavy atom. The predicted octanol–water partition coefficient (Wildman–Crippen LogP) is 6.35. The molecule has 0 saturated carbocycles. The molecule has 3 N–H and O–H groups in total. The average Bonchev–Trinajstić information content (AvgIpc) is 2.63. The summed E-state index contributed by atoms with van der Waals surface area (Å²) in [4.78, 5) is 0. The summed E-state index contributed by atoms with van der Waals surface area (Å²) in [7, 11) is 0. The van der Waals surface area contributed by atoms with Crippen LogP contribution in [0.15, 0.2) is 66.7 Å². The van der Waals surface area contributed by atoms with Gasteiger partial charge in [-0.05, 0) is 71.5 Å². The van der Waals surface area contributed by atoms with Gasteiger partial charge >= 0.3 is 0 Å². The lowest BCUT2D eigenvalue weighted by Gasteiger charge is -2.23. The minimum absolute atomic E-state index is 0.0877. The smallest absolute Gasteiger partial charge is 0.122 e. The number of anilines is 3. The number of phenolic OH excluding ortho intramolecular Hbond substituents is 1. The fourth-order valence-electron chi connectivity index (χ4n) is 3.09. The van der Waals surface area contributed by atoms with Crippen LogP contribution in [-0.2, 0) is 12.0 Å². The molecule has 0 unspecified atom stereocenters. The monoisotopic (exact) mass is 360 g/mol. The molecule has 140 valence electrons. The molecule has 27 heavy (non-hydrogen) atoms. The maximum absolute atomic E-state index is 10.4. The number of phenols is 1. The van der Waals surface area contributed by atoms with Crippen LogP contribution in [0.4, 0.5) is 17.1 Å². The van der Waals surface area contributed by atoms with E-state index in [2.05, 4.69) is 61.7 Å². The second-order valence-electron chi connectivity index (χ2n) is 7.98. The van der Waals surface area contributed by atoms with Gasteiger partial charge in [0.25, 0.3) is 0 Å². The van der Waals surface area contributed by atoms with Crippen LogP contribution in [0.2, 0.25) is 0 Å². The molecular formula is C24H28N2O. The van der Waals surface area contributed by atoms with Crippen LogP contribution in [0.3, 0.4) is 0 Å². The zero-order chi connectivity index (χ0) is 19.4. The molecule has 3 aromatic carbocycles. The van der Waals surface area contributed by atoms with Crippen molar-refractivity contribution in [3.63, 3.8) is 0 Å². The number of para-hydroxylation sites is 1. The highest BCUT2D eigenvalue weighted by Gasteiger charge is 2.20. The van der Waals surface area contributed by atoms with Crippen molar-refractivity contribution in [3.8, 4) is 5.75 Å². The van der Waals surface area contributed by atoms with E-state index in [1.54, 1.807) is 0 Å². The van der Waals surface area contributed by atoms with E-state index in [9.17, 15) is 5.11 Å². The van der Waals surface area contributed by atoms with E-state index in [-0.39, 0.29) is 5.41 Å². The van der Waals surface area contributed by atoms with E-state index in [4.69, 9.17) is 0 Å². The minimum atomic E-state index is -0.0877. The van der Waals surface area contributed by atoms with Gasteiger partial charge in [-0.1, -0.05) is 45.0 Å². The highest BCUT2D eigenvalue weighted by molar-refractivity contribution is 5.62. The Bertz CT molecular complexity index is 894. The van der Waals surface area contributed by atoms with Crippen molar-refractivity contribution in [2.75, 3.05) is 10.6 Å². The molecule has 3 rings (SSSR count). The van der Waals surface area contributed by atoms with Crippen LogP contribution in [0.1, 0.15) is 37.5 Å². The fraction of sp³-hybridized carbons (Fsp3) is 0.250. The minimum Gasteiger partial charge on any atom is -0.507 e. The van der Waals surface area contributed by atoms with Crippen LogP contribution in [0, 0.1) is 6.92 Å². The molecule has 0 radical (unpaired) electrons. The first-order valence-electron chi connectivity index (χ1n) is 9.32. The van der Waals surface area contributed by atoms with E-state index < -0.39 is 0 Å². The van der Waals surface area contributed by atoms with Crippen molar-refractivity contribution < 1.29 is 5.11 Å². The van der Waals surface area contributed by atoms with Gasteiger partial charge in [0.15, 0.2) is 0 Å². The van der Waals surface area contributed by atoms with Crippen molar-refractivity contribution >= 4 is 17.1 Å². The second-order valence-corrected chi connectivity index (χ2v) is 7.98. The summed E-state index contributed by atoms with van der Waals surface area (Å²) in [5.41, 5.74) is 6.19. The van der Waals surface area contributed by atoms with Gasteiger partial charge in [-0.25, -0.2) is 0 Å². The maximum atomic E-state index is 10.4. The third kappa shape index (κ3) is 4.82. The number of aryl methyl sites for hydroxylation is 1. The molecule has 0 aliphatic rings. The highest BCUT2D eigenvalue weighted by atomic mass is 16.3. The lowest BCUT2D eigenvalue weighted by atomic mass is 9.84. The molecule has 0 fully saturated rings. The van der Waals surface area contributed by atoms with E-state index in [1.807, 2.05) is 43.3 Å². The summed E-state index contributed by atoms with van der Waals surface area (Å²) in [6.07, 6.45) is 0. The van der Waals surface area contributed by atoms with Gasteiger partial charge in [-0.3, -0.25) is 0 Å². The maximum Gasteiger partial charge on any atom is 0.122 e. The van der Waals surface area contributed by atoms with Crippen molar-refractivity contribution in [1.82, 2.24) is 0 Å². The first-order valence-corrected chi connectivity index (χ1v) is 9.32. The average molecular weight is 361 g/mol. The molecule has 0 spiro atoms. The fourth-order valence-corrected chi connectivity index (χ4v) is 3.09. The third-order valence-electron chi connectivity index (χ3n) is 4.61. The van der Waals surface area contributed by atoms with Crippen LogP contribution in [-0.4, -0.2) is 5.11 Å². The first kappa shape index (κ1) is 18.8. The number of hydrogen-bond acceptors (Lipinski definition) is 3. The Morgan fingerprint density at radius 1 is 0.815 bits per heavy atom. The molecular weight excluding hydrogens is 332 g/mol. The highest BCUT2D eigenvalue weighted by Crippen LogP contribution is 2.34. The summed E-state index contributed by atoms with van der Waals surface area (Å²) in [5.74, 6) is 0.405. The van der Waals surface area contributed by atoms with Crippen LogP contribution in [0.25, 0.3) is 0 Å². The topological polar surface area (TPSA) is 44.3 Å². The summed E-state index contributed by atoms with van der Waals surface area (Å²) >= 11 is 0. The number of hydrogen-bond donors (Lipinski definition) is 3. The van der Waals surface area contributed by atoms with Crippen molar-refractivity contribution in [3.05, 3.63) is 83.4 Å². The number of aromatic hydroxyl groups is 1. The van der Waals surface area contributed by atoms with Crippen molar-refractivity contribution in [2.24, 2.45) is 0 Å². The van der Waals surface area contributed by atoms with Crippen LogP contribution in [0.5, 0.6) is 5.75 Å². The zero-order valence-corrected chi connectivity index (χ0v) is 16.5. The van der Waals surface area contributed by atoms with E-state index in [1.165, 1.54) is 5.56 Å². The Hall–Kier alpha value is -2.94. The Balaban J connectivity index is 1.67. The SMILES string of the molecule is Cc1cc(CNc2ccc(Nc3ccccc3)cc2)cc(C(C)(C)C)c1O. The van der Waals surface area contributed by atoms with Crippen molar-refractivity contribution in [1.29, 1.82) is 0 Å². The van der Waals surface area contributed by atoms with Gasteiger partial charge in [0.2, 0.25) is 0 Å².